The first-order valence-electron chi connectivity index (χ1n) is 6.68. The van der Waals surface area contributed by atoms with Crippen LogP contribution in [0.5, 0.6) is 0 Å². The van der Waals surface area contributed by atoms with Crippen LogP contribution in [0.15, 0.2) is 0 Å². The number of rotatable bonds is 4. The average molecular weight is 256 g/mol. The first kappa shape index (κ1) is 14.8. The van der Waals surface area contributed by atoms with E-state index in [1.807, 2.05) is 18.7 Å². The second kappa shape index (κ2) is 6.61. The van der Waals surface area contributed by atoms with Gasteiger partial charge in [-0.3, -0.25) is 4.79 Å². The fraction of sp³-hybridized carbons (Fsp3) is 0.846. The Morgan fingerprint density at radius 2 is 2.06 bits per heavy atom. The fourth-order valence-corrected chi connectivity index (χ4v) is 2.27. The molecule has 0 spiro atoms. The number of carboxylic acids is 1. The minimum atomic E-state index is -0.787. The molecule has 1 saturated heterocycles. The maximum atomic E-state index is 12.3. The number of carboxylic acid groups (broad SMARTS) is 1. The Morgan fingerprint density at radius 1 is 1.39 bits per heavy atom. The zero-order chi connectivity index (χ0) is 13.7. The molecule has 0 aliphatic carbocycles. The summed E-state index contributed by atoms with van der Waals surface area (Å²) in [7, 11) is 1.80. The van der Waals surface area contributed by atoms with Gasteiger partial charge in [0, 0.05) is 32.1 Å². The quantitative estimate of drug-likeness (QED) is 0.838. The predicted octanol–water partition coefficient (Wildman–Crippen LogP) is 2.17. The van der Waals surface area contributed by atoms with Crippen molar-refractivity contribution in [3.8, 4) is 0 Å². The standard InChI is InChI=1S/C13H24N2O3/c1-10(2)14(3)13(18)15-9-5-4-6-11(15)7-8-12(16)17/h10-11H,4-9H2,1-3H3,(H,16,17). The molecule has 0 aromatic heterocycles. The van der Waals surface area contributed by atoms with Gasteiger partial charge < -0.3 is 14.9 Å². The third-order valence-electron chi connectivity index (χ3n) is 3.64. The van der Waals surface area contributed by atoms with Gasteiger partial charge in [0.15, 0.2) is 0 Å². The van der Waals surface area contributed by atoms with Crippen molar-refractivity contribution in [2.45, 2.75) is 58.0 Å². The van der Waals surface area contributed by atoms with Crippen LogP contribution in [0.2, 0.25) is 0 Å². The van der Waals surface area contributed by atoms with Crippen molar-refractivity contribution in [1.82, 2.24) is 9.80 Å². The lowest BCUT2D eigenvalue weighted by atomic mass is 9.98. The van der Waals surface area contributed by atoms with Crippen LogP contribution in [0.1, 0.15) is 46.0 Å². The fourth-order valence-electron chi connectivity index (χ4n) is 2.27. The van der Waals surface area contributed by atoms with Gasteiger partial charge in [-0.05, 0) is 39.5 Å². The van der Waals surface area contributed by atoms with Crippen molar-refractivity contribution in [2.24, 2.45) is 0 Å². The zero-order valence-electron chi connectivity index (χ0n) is 11.6. The molecule has 1 atom stereocenters. The lowest BCUT2D eigenvalue weighted by Crippen LogP contribution is -2.51. The highest BCUT2D eigenvalue weighted by Crippen LogP contribution is 2.22. The summed E-state index contributed by atoms with van der Waals surface area (Å²) in [4.78, 5) is 26.5. The first-order chi connectivity index (χ1) is 8.43. The van der Waals surface area contributed by atoms with E-state index in [-0.39, 0.29) is 24.5 Å². The van der Waals surface area contributed by atoms with Crippen LogP contribution < -0.4 is 0 Å². The molecular formula is C13H24N2O3. The number of hydrogen-bond acceptors (Lipinski definition) is 2. The molecule has 1 N–H and O–H groups in total. The summed E-state index contributed by atoms with van der Waals surface area (Å²) in [5, 5.41) is 8.75. The van der Waals surface area contributed by atoms with E-state index < -0.39 is 5.97 Å². The van der Waals surface area contributed by atoms with Crippen LogP contribution in [0.25, 0.3) is 0 Å². The molecule has 1 aliphatic rings. The molecular weight excluding hydrogens is 232 g/mol. The number of amides is 2. The van der Waals surface area contributed by atoms with Crippen LogP contribution in [-0.4, -0.2) is 52.6 Å². The molecule has 1 rings (SSSR count). The maximum Gasteiger partial charge on any atom is 0.320 e. The predicted molar refractivity (Wildman–Crippen MR) is 69.5 cm³/mol. The molecule has 1 fully saturated rings. The number of aliphatic carboxylic acids is 1. The monoisotopic (exact) mass is 256 g/mol. The summed E-state index contributed by atoms with van der Waals surface area (Å²) >= 11 is 0. The molecule has 0 radical (unpaired) electrons. The summed E-state index contributed by atoms with van der Waals surface area (Å²) in [6.45, 7) is 4.71. The maximum absolute atomic E-state index is 12.3. The molecule has 2 amide bonds. The van der Waals surface area contributed by atoms with Crippen LogP contribution >= 0.6 is 0 Å². The van der Waals surface area contributed by atoms with Crippen LogP contribution in [0.4, 0.5) is 4.79 Å². The smallest absolute Gasteiger partial charge is 0.320 e. The molecule has 0 bridgehead atoms. The second-order valence-corrected chi connectivity index (χ2v) is 5.26. The molecule has 5 heteroatoms. The Labute approximate surface area is 109 Å². The van der Waals surface area contributed by atoms with Crippen molar-refractivity contribution in [3.05, 3.63) is 0 Å². The van der Waals surface area contributed by atoms with E-state index in [4.69, 9.17) is 5.11 Å². The number of nitrogens with zero attached hydrogens (tertiary/aromatic N) is 2. The molecule has 1 unspecified atom stereocenters. The number of hydrogen-bond donors (Lipinski definition) is 1. The van der Waals surface area contributed by atoms with E-state index in [1.54, 1.807) is 11.9 Å². The van der Waals surface area contributed by atoms with Crippen molar-refractivity contribution < 1.29 is 14.7 Å². The number of likely N-dealkylation sites (tertiary alicyclic amines) is 1. The van der Waals surface area contributed by atoms with Gasteiger partial charge in [0.2, 0.25) is 0 Å². The molecule has 18 heavy (non-hydrogen) atoms. The normalized spacial score (nSPS) is 20.0. The van der Waals surface area contributed by atoms with Crippen LogP contribution in [0.3, 0.4) is 0 Å². The Bertz CT molecular complexity index is 305. The highest BCUT2D eigenvalue weighted by atomic mass is 16.4. The van der Waals surface area contributed by atoms with Gasteiger partial charge in [-0.25, -0.2) is 4.79 Å². The minimum Gasteiger partial charge on any atom is -0.481 e. The summed E-state index contributed by atoms with van der Waals surface area (Å²) in [6.07, 6.45) is 3.72. The summed E-state index contributed by atoms with van der Waals surface area (Å²) in [5.41, 5.74) is 0. The van der Waals surface area contributed by atoms with E-state index in [1.165, 1.54) is 0 Å². The SMILES string of the molecule is CC(C)N(C)C(=O)N1CCCCC1CCC(=O)O. The number of carbonyl (C=O) groups is 2. The van der Waals surface area contributed by atoms with Gasteiger partial charge in [-0.2, -0.15) is 0 Å². The number of carbonyl (C=O) groups excluding carboxylic acids is 1. The molecule has 104 valence electrons. The first-order valence-corrected chi connectivity index (χ1v) is 6.68. The van der Waals surface area contributed by atoms with Crippen LogP contribution in [-0.2, 0) is 4.79 Å². The van der Waals surface area contributed by atoms with E-state index in [2.05, 4.69) is 0 Å². The van der Waals surface area contributed by atoms with Crippen molar-refractivity contribution in [1.29, 1.82) is 0 Å². The number of urea groups is 1. The Morgan fingerprint density at radius 3 is 2.61 bits per heavy atom. The van der Waals surface area contributed by atoms with Gasteiger partial charge in [0.05, 0.1) is 0 Å². The van der Waals surface area contributed by atoms with E-state index >= 15 is 0 Å². The average Bonchev–Trinajstić information content (AvgIpc) is 2.34. The van der Waals surface area contributed by atoms with E-state index in [0.717, 1.165) is 25.8 Å². The molecule has 0 aromatic carbocycles. The highest BCUT2D eigenvalue weighted by molar-refractivity contribution is 5.75. The largest absolute Gasteiger partial charge is 0.481 e. The molecule has 0 saturated carbocycles. The van der Waals surface area contributed by atoms with Gasteiger partial charge >= 0.3 is 12.0 Å². The molecule has 1 heterocycles. The molecule has 0 aromatic rings. The summed E-state index contributed by atoms with van der Waals surface area (Å²) in [5.74, 6) is -0.787. The van der Waals surface area contributed by atoms with E-state index in [0.29, 0.717) is 6.42 Å². The summed E-state index contributed by atoms with van der Waals surface area (Å²) in [6, 6.07) is 0.281. The second-order valence-electron chi connectivity index (χ2n) is 5.26. The third-order valence-corrected chi connectivity index (χ3v) is 3.64. The Hall–Kier alpha value is -1.26. The lowest BCUT2D eigenvalue weighted by Gasteiger charge is -2.39. The lowest BCUT2D eigenvalue weighted by molar-refractivity contribution is -0.137. The minimum absolute atomic E-state index is 0.0279. The molecule has 1 aliphatic heterocycles. The molecule has 5 nitrogen and oxygen atoms in total. The van der Waals surface area contributed by atoms with Crippen molar-refractivity contribution in [2.75, 3.05) is 13.6 Å². The van der Waals surface area contributed by atoms with Gasteiger partial charge in [-0.15, -0.1) is 0 Å². The zero-order valence-corrected chi connectivity index (χ0v) is 11.6. The topological polar surface area (TPSA) is 60.9 Å². The van der Waals surface area contributed by atoms with E-state index in [9.17, 15) is 9.59 Å². The Kier molecular flexibility index (Phi) is 5.44. The van der Waals surface area contributed by atoms with Crippen molar-refractivity contribution >= 4 is 12.0 Å². The van der Waals surface area contributed by atoms with Crippen LogP contribution in [0, 0.1) is 0 Å². The summed E-state index contributed by atoms with van der Waals surface area (Å²) < 4.78 is 0. The Balaban J connectivity index is 2.63. The van der Waals surface area contributed by atoms with Gasteiger partial charge in [0.25, 0.3) is 0 Å². The third kappa shape index (κ3) is 3.89. The number of piperidine rings is 1. The van der Waals surface area contributed by atoms with Gasteiger partial charge in [0.1, 0.15) is 0 Å². The van der Waals surface area contributed by atoms with Crippen molar-refractivity contribution in [3.63, 3.8) is 0 Å². The van der Waals surface area contributed by atoms with Gasteiger partial charge in [-0.1, -0.05) is 0 Å². The highest BCUT2D eigenvalue weighted by Gasteiger charge is 2.29.